The van der Waals surface area contributed by atoms with E-state index in [0.717, 1.165) is 44.8 Å². The molecule has 0 saturated heterocycles. The summed E-state index contributed by atoms with van der Waals surface area (Å²) in [5.74, 6) is -0.421. The van der Waals surface area contributed by atoms with Crippen molar-refractivity contribution >= 4 is 28.6 Å². The predicted octanol–water partition coefficient (Wildman–Crippen LogP) is 4.12. The molecule has 1 unspecified atom stereocenters. The fourth-order valence-electron chi connectivity index (χ4n) is 4.14. The van der Waals surface area contributed by atoms with Crippen molar-refractivity contribution in [2.24, 2.45) is 0 Å². The van der Waals surface area contributed by atoms with Gasteiger partial charge in [-0.2, -0.15) is 0 Å². The Balaban J connectivity index is 1.49. The number of likely N-dealkylation sites (N-methyl/N-ethyl adjacent to an activating group) is 1. The number of hydrogen-bond donors (Lipinski definition) is 3. The number of nitrogens with one attached hydrogen (secondary N) is 2. The second kappa shape index (κ2) is 7.85. The lowest BCUT2D eigenvalue weighted by Crippen LogP contribution is -2.39. The lowest BCUT2D eigenvalue weighted by molar-refractivity contribution is -0.141. The summed E-state index contributed by atoms with van der Waals surface area (Å²) in [6.45, 7) is 0.411. The zero-order valence-corrected chi connectivity index (χ0v) is 17.5. The van der Waals surface area contributed by atoms with E-state index >= 15 is 0 Å². The van der Waals surface area contributed by atoms with E-state index < -0.39 is 12.0 Å². The van der Waals surface area contributed by atoms with Gasteiger partial charge in [0, 0.05) is 24.8 Å². The van der Waals surface area contributed by atoms with Crippen molar-refractivity contribution in [1.82, 2.24) is 14.9 Å². The summed E-state index contributed by atoms with van der Waals surface area (Å²) in [5, 5.41) is 12.3. The van der Waals surface area contributed by atoms with Crippen LogP contribution in [0.5, 0.6) is 0 Å². The van der Waals surface area contributed by atoms with E-state index in [4.69, 9.17) is 10.1 Å². The maximum Gasteiger partial charge on any atom is 0.305 e. The second-order valence-electron chi connectivity index (χ2n) is 8.04. The Morgan fingerprint density at radius 3 is 2.66 bits per heavy atom. The number of hydrogen-bond acceptors (Lipinski definition) is 4. The number of fused-ring (bicyclic) bond motifs is 2. The first-order valence-electron chi connectivity index (χ1n) is 10.4. The van der Waals surface area contributed by atoms with E-state index in [2.05, 4.69) is 16.4 Å². The largest absolute Gasteiger partial charge is 0.481 e. The Bertz CT molecular complexity index is 1310. The van der Waals surface area contributed by atoms with Crippen LogP contribution in [0.2, 0.25) is 0 Å². The van der Waals surface area contributed by atoms with Crippen LogP contribution in [0, 0.1) is 0 Å². The average molecular weight is 426 g/mol. The fourth-order valence-corrected chi connectivity index (χ4v) is 4.14. The molecule has 1 aliphatic rings. The number of benzene rings is 3. The molecule has 5 rings (SSSR count). The number of carboxylic acids is 1. The molecule has 7 heteroatoms. The molecule has 7 nitrogen and oxygen atoms in total. The first-order valence-corrected chi connectivity index (χ1v) is 10.4. The standard InChI is InChI=1S/C25H22N4O3/c1-29-14-18-12-16(9-10-19(18)26-22(25(29)32)13-23(30)31)15-5-4-6-17(11-15)24-27-20-7-2-3-8-21(20)28-24/h2-12,22,26H,13-14H2,1H3,(H,27,28)(H,30,31). The SMILES string of the molecule is CN1Cc2cc(-c3cccc(-c4nc5ccccc5[nH]4)c3)ccc2NC(CC(=O)O)C1=O. The molecule has 4 aromatic rings. The average Bonchev–Trinajstić information content (AvgIpc) is 3.19. The van der Waals surface area contributed by atoms with Gasteiger partial charge in [0.15, 0.2) is 0 Å². The Morgan fingerprint density at radius 1 is 1.06 bits per heavy atom. The molecule has 3 N–H and O–H groups in total. The monoisotopic (exact) mass is 426 g/mol. The van der Waals surface area contributed by atoms with Crippen molar-refractivity contribution in [1.29, 1.82) is 0 Å². The highest BCUT2D eigenvalue weighted by molar-refractivity contribution is 5.90. The van der Waals surface area contributed by atoms with Crippen molar-refractivity contribution < 1.29 is 14.7 Å². The lowest BCUT2D eigenvalue weighted by Gasteiger charge is -2.19. The van der Waals surface area contributed by atoms with Gasteiger partial charge in [-0.1, -0.05) is 36.4 Å². The van der Waals surface area contributed by atoms with E-state index in [1.165, 1.54) is 0 Å². The van der Waals surface area contributed by atoms with Gasteiger partial charge in [-0.3, -0.25) is 9.59 Å². The van der Waals surface area contributed by atoms with E-state index in [0.29, 0.717) is 6.54 Å². The molecule has 1 aliphatic heterocycles. The van der Waals surface area contributed by atoms with Crippen molar-refractivity contribution in [3.63, 3.8) is 0 Å². The molecule has 3 aromatic carbocycles. The van der Waals surface area contributed by atoms with Crippen LogP contribution < -0.4 is 5.32 Å². The Labute approximate surface area is 184 Å². The minimum Gasteiger partial charge on any atom is -0.481 e. The topological polar surface area (TPSA) is 98.3 Å². The number of aliphatic carboxylic acids is 1. The van der Waals surface area contributed by atoms with Gasteiger partial charge >= 0.3 is 5.97 Å². The van der Waals surface area contributed by atoms with Crippen LogP contribution in [0.15, 0.2) is 66.7 Å². The van der Waals surface area contributed by atoms with Gasteiger partial charge in [-0.15, -0.1) is 0 Å². The molecule has 0 aliphatic carbocycles. The van der Waals surface area contributed by atoms with Crippen LogP contribution in [0.25, 0.3) is 33.5 Å². The molecule has 1 atom stereocenters. The highest BCUT2D eigenvalue weighted by Crippen LogP contribution is 2.31. The zero-order chi connectivity index (χ0) is 22.2. The molecule has 0 fully saturated rings. The number of imidazole rings is 1. The molecule has 160 valence electrons. The number of aromatic amines is 1. The van der Waals surface area contributed by atoms with Crippen LogP contribution in [-0.4, -0.2) is 44.9 Å². The Morgan fingerprint density at radius 2 is 1.84 bits per heavy atom. The molecule has 32 heavy (non-hydrogen) atoms. The molecular weight excluding hydrogens is 404 g/mol. The van der Waals surface area contributed by atoms with Gasteiger partial charge in [0.2, 0.25) is 5.91 Å². The third-order valence-corrected chi connectivity index (χ3v) is 5.75. The Hall–Kier alpha value is -4.13. The second-order valence-corrected chi connectivity index (χ2v) is 8.04. The summed E-state index contributed by atoms with van der Waals surface area (Å²) in [6, 6.07) is 21.3. The maximum absolute atomic E-state index is 12.6. The van der Waals surface area contributed by atoms with Crippen molar-refractivity contribution in [3.05, 3.63) is 72.3 Å². The third kappa shape index (κ3) is 3.69. The van der Waals surface area contributed by atoms with Gasteiger partial charge in [-0.05, 0) is 47.0 Å². The molecule has 0 spiro atoms. The van der Waals surface area contributed by atoms with Crippen LogP contribution in [0.4, 0.5) is 5.69 Å². The minimum absolute atomic E-state index is 0.225. The van der Waals surface area contributed by atoms with Crippen LogP contribution in [0.3, 0.4) is 0 Å². The van der Waals surface area contributed by atoms with Crippen LogP contribution in [0.1, 0.15) is 12.0 Å². The van der Waals surface area contributed by atoms with Gasteiger partial charge in [-0.25, -0.2) is 4.98 Å². The summed E-state index contributed by atoms with van der Waals surface area (Å²) in [7, 11) is 1.70. The van der Waals surface area contributed by atoms with Crippen molar-refractivity contribution in [3.8, 4) is 22.5 Å². The molecular formula is C25H22N4O3. The lowest BCUT2D eigenvalue weighted by atomic mass is 9.99. The molecule has 2 heterocycles. The normalized spacial score (nSPS) is 15.8. The quantitative estimate of drug-likeness (QED) is 0.456. The number of rotatable bonds is 4. The van der Waals surface area contributed by atoms with Gasteiger partial charge in [0.05, 0.1) is 17.5 Å². The van der Waals surface area contributed by atoms with Crippen molar-refractivity contribution in [2.75, 3.05) is 12.4 Å². The van der Waals surface area contributed by atoms with E-state index in [9.17, 15) is 9.59 Å². The number of anilines is 1. The first-order chi connectivity index (χ1) is 15.5. The third-order valence-electron chi connectivity index (χ3n) is 5.75. The Kier molecular flexibility index (Phi) is 4.86. The predicted molar refractivity (Wildman–Crippen MR) is 123 cm³/mol. The smallest absolute Gasteiger partial charge is 0.305 e. The molecule has 1 amide bonds. The number of amides is 1. The number of aromatic nitrogens is 2. The molecule has 1 aromatic heterocycles. The van der Waals surface area contributed by atoms with E-state index in [1.807, 2.05) is 60.7 Å². The fraction of sp³-hybridized carbons (Fsp3) is 0.160. The zero-order valence-electron chi connectivity index (χ0n) is 17.5. The summed E-state index contributed by atoms with van der Waals surface area (Å²) < 4.78 is 0. The molecule has 0 bridgehead atoms. The number of para-hydroxylation sites is 2. The number of nitrogens with zero attached hydrogens (tertiary/aromatic N) is 2. The number of H-pyrrole nitrogens is 1. The van der Waals surface area contributed by atoms with E-state index in [-0.39, 0.29) is 12.3 Å². The van der Waals surface area contributed by atoms with Gasteiger partial charge < -0.3 is 20.3 Å². The molecule has 0 saturated carbocycles. The first kappa shape index (κ1) is 19.8. The summed E-state index contributed by atoms with van der Waals surface area (Å²) in [5.41, 5.74) is 6.68. The maximum atomic E-state index is 12.6. The molecule has 0 radical (unpaired) electrons. The highest BCUT2D eigenvalue weighted by atomic mass is 16.4. The van der Waals surface area contributed by atoms with E-state index in [1.54, 1.807) is 11.9 Å². The minimum atomic E-state index is -1.01. The number of carbonyl (C=O) groups is 2. The van der Waals surface area contributed by atoms with Crippen molar-refractivity contribution in [2.45, 2.75) is 19.0 Å². The summed E-state index contributed by atoms with van der Waals surface area (Å²) >= 11 is 0. The summed E-state index contributed by atoms with van der Waals surface area (Å²) in [6.07, 6.45) is -0.260. The van der Waals surface area contributed by atoms with Crippen LogP contribution >= 0.6 is 0 Å². The van der Waals surface area contributed by atoms with Gasteiger partial charge in [0.25, 0.3) is 0 Å². The summed E-state index contributed by atoms with van der Waals surface area (Å²) in [4.78, 5) is 33.4. The number of carboxylic acid groups (broad SMARTS) is 1. The van der Waals surface area contributed by atoms with Crippen LogP contribution in [-0.2, 0) is 16.1 Å². The van der Waals surface area contributed by atoms with Gasteiger partial charge in [0.1, 0.15) is 11.9 Å². The number of carbonyl (C=O) groups excluding carboxylic acids is 1. The highest BCUT2D eigenvalue weighted by Gasteiger charge is 2.29.